The molecule has 0 saturated carbocycles. The van der Waals surface area contributed by atoms with Crippen LogP contribution in [0.5, 0.6) is 0 Å². The van der Waals surface area contributed by atoms with Gasteiger partial charge in [0.25, 0.3) is 11.5 Å². The molecule has 202 valence electrons. The molecule has 0 radical (unpaired) electrons. The molecule has 2 aliphatic rings. The lowest BCUT2D eigenvalue weighted by Gasteiger charge is -2.26. The fourth-order valence-electron chi connectivity index (χ4n) is 4.32. The lowest BCUT2D eigenvalue weighted by Crippen LogP contribution is -2.49. The van der Waals surface area contributed by atoms with Crippen LogP contribution in [-0.4, -0.2) is 34.3 Å². The topological polar surface area (TPSA) is 103 Å². The Kier molecular flexibility index (Phi) is 7.36. The molecule has 1 fully saturated rings. The number of aromatic nitrogens is 1. The minimum Gasteiger partial charge on any atom is -0.330 e. The van der Waals surface area contributed by atoms with Crippen LogP contribution in [0, 0.1) is 0 Å². The van der Waals surface area contributed by atoms with Crippen LogP contribution < -0.4 is 15.8 Å². The number of carbonyl (C=O) groups is 3. The van der Waals surface area contributed by atoms with E-state index in [-0.39, 0.29) is 57.4 Å². The summed E-state index contributed by atoms with van der Waals surface area (Å²) >= 11 is 18.5. The van der Waals surface area contributed by atoms with Crippen molar-refractivity contribution >= 4 is 70.1 Å². The van der Waals surface area contributed by atoms with Crippen LogP contribution in [-0.2, 0) is 23.3 Å². The lowest BCUT2D eigenvalue weighted by molar-refractivity contribution is -0.120. The molecule has 0 atom stereocenters. The van der Waals surface area contributed by atoms with E-state index in [1.165, 1.54) is 21.9 Å². The van der Waals surface area contributed by atoms with Crippen molar-refractivity contribution in [2.24, 2.45) is 0 Å². The summed E-state index contributed by atoms with van der Waals surface area (Å²) in [5, 5.41) is -1.23. The van der Waals surface area contributed by atoms with Crippen molar-refractivity contribution in [2.75, 3.05) is 11.4 Å². The number of amides is 4. The summed E-state index contributed by atoms with van der Waals surface area (Å²) in [7, 11) is 0. The van der Waals surface area contributed by atoms with Crippen molar-refractivity contribution in [1.82, 2.24) is 15.2 Å². The van der Waals surface area contributed by atoms with Crippen molar-refractivity contribution in [1.29, 1.82) is 0 Å². The second-order valence-corrected chi connectivity index (χ2v) is 11.1. The van der Waals surface area contributed by atoms with Crippen LogP contribution in [0.25, 0.3) is 0 Å². The van der Waals surface area contributed by atoms with Gasteiger partial charge in [-0.15, -0.1) is 0 Å². The number of aromatic amines is 1. The Morgan fingerprint density at radius 2 is 1.69 bits per heavy atom. The number of carbonyl (C=O) groups excluding carboxylic acids is 3. The highest BCUT2D eigenvalue weighted by atomic mass is 35.5. The zero-order chi connectivity index (χ0) is 28.1. The first-order valence-corrected chi connectivity index (χ1v) is 13.4. The van der Waals surface area contributed by atoms with E-state index in [4.69, 9.17) is 34.8 Å². The molecule has 4 amide bonds. The average molecular weight is 614 g/mol. The van der Waals surface area contributed by atoms with Crippen LogP contribution in [0.1, 0.15) is 33.6 Å². The molecule has 39 heavy (non-hydrogen) atoms. The summed E-state index contributed by atoms with van der Waals surface area (Å²) in [6, 6.07) is 10.2. The first-order chi connectivity index (χ1) is 18.4. The van der Waals surface area contributed by atoms with E-state index in [0.717, 1.165) is 29.0 Å². The van der Waals surface area contributed by atoms with E-state index in [1.54, 1.807) is 24.3 Å². The standard InChI is InChI=1S/C25H17Cl3F2N4O4S/c26-15-2-1-3-16(27)21(15)39-17-9-18(25(28,29)30)31-22(36)20(17)23(37)33-10-12-4-5-14(8-13(12)11-33)34-7-6-19(35)32-24(34)38/h1-5,8-9H,6-7,10-11H2,(H,31,36)(H,32,35,38). The lowest BCUT2D eigenvalue weighted by atomic mass is 10.1. The van der Waals surface area contributed by atoms with E-state index in [2.05, 4.69) is 5.32 Å². The van der Waals surface area contributed by atoms with Gasteiger partial charge in [-0.3, -0.25) is 24.6 Å². The van der Waals surface area contributed by atoms with Gasteiger partial charge in [-0.05, 0) is 53.1 Å². The Morgan fingerprint density at radius 3 is 2.36 bits per heavy atom. The Labute approximate surface area is 239 Å². The van der Waals surface area contributed by atoms with Gasteiger partial charge in [0.05, 0.1) is 10.0 Å². The molecule has 0 unspecified atom stereocenters. The van der Waals surface area contributed by atoms with Crippen LogP contribution in [0.15, 0.2) is 57.1 Å². The van der Waals surface area contributed by atoms with Crippen LogP contribution >= 0.6 is 46.6 Å². The van der Waals surface area contributed by atoms with E-state index >= 15 is 0 Å². The Bertz CT molecular complexity index is 1570. The number of alkyl halides is 3. The quantitative estimate of drug-likeness (QED) is 0.358. The van der Waals surface area contributed by atoms with Gasteiger partial charge in [-0.2, -0.15) is 8.78 Å². The minimum absolute atomic E-state index is 0.0969. The molecule has 3 heterocycles. The van der Waals surface area contributed by atoms with Gasteiger partial charge in [-0.25, -0.2) is 4.79 Å². The molecule has 8 nitrogen and oxygen atoms in total. The predicted octanol–water partition coefficient (Wildman–Crippen LogP) is 5.72. The van der Waals surface area contributed by atoms with Crippen molar-refractivity contribution in [2.45, 2.75) is 34.7 Å². The van der Waals surface area contributed by atoms with Gasteiger partial charge in [0, 0.05) is 41.5 Å². The summed E-state index contributed by atoms with van der Waals surface area (Å²) in [6.45, 7) is 0.452. The third-order valence-electron chi connectivity index (χ3n) is 6.21. The molecule has 0 spiro atoms. The Hall–Kier alpha value is -3.12. The van der Waals surface area contributed by atoms with Crippen molar-refractivity contribution in [3.05, 3.63) is 85.2 Å². The monoisotopic (exact) mass is 612 g/mol. The van der Waals surface area contributed by atoms with Gasteiger partial charge < -0.3 is 9.88 Å². The molecule has 5 rings (SSSR count). The van der Waals surface area contributed by atoms with Crippen LogP contribution in [0.4, 0.5) is 19.3 Å². The third-order valence-corrected chi connectivity index (χ3v) is 8.46. The highest BCUT2D eigenvalue weighted by Crippen LogP contribution is 2.42. The number of fused-ring (bicyclic) bond motifs is 1. The average Bonchev–Trinajstić information content (AvgIpc) is 3.29. The van der Waals surface area contributed by atoms with Gasteiger partial charge in [0.2, 0.25) is 5.91 Å². The molecule has 0 bridgehead atoms. The summed E-state index contributed by atoms with van der Waals surface area (Å²) < 4.78 is 27.9. The number of benzene rings is 2. The van der Waals surface area contributed by atoms with Crippen LogP contribution in [0.2, 0.25) is 10.0 Å². The molecule has 0 aliphatic carbocycles. The number of pyridine rings is 1. The van der Waals surface area contributed by atoms with Crippen molar-refractivity contribution in [3.63, 3.8) is 0 Å². The molecule has 14 heteroatoms. The highest BCUT2D eigenvalue weighted by Gasteiger charge is 2.35. The van der Waals surface area contributed by atoms with Crippen molar-refractivity contribution in [3.8, 4) is 0 Å². The number of halogens is 5. The van der Waals surface area contributed by atoms with Gasteiger partial charge in [-0.1, -0.05) is 47.1 Å². The second kappa shape index (κ2) is 10.5. The number of H-pyrrole nitrogens is 1. The fraction of sp³-hybridized carbons (Fsp3) is 0.200. The van der Waals surface area contributed by atoms with E-state index in [1.807, 2.05) is 4.98 Å². The summed E-state index contributed by atoms with van der Waals surface area (Å²) in [6.07, 6.45) is 0.156. The number of imide groups is 1. The SMILES string of the molecule is O=C1CCN(c2ccc3c(c2)CN(C(=O)c2c(Sc4c(Cl)cccc4Cl)cc(C(F)(F)Cl)[nH]c2=O)C3)C(=O)N1. The number of hydrogen-bond donors (Lipinski definition) is 2. The number of anilines is 1. The highest BCUT2D eigenvalue weighted by molar-refractivity contribution is 7.99. The maximum atomic E-state index is 14.0. The summed E-state index contributed by atoms with van der Waals surface area (Å²) in [5.41, 5.74) is -0.246. The zero-order valence-corrected chi connectivity index (χ0v) is 22.8. The molecule has 2 aliphatic heterocycles. The number of urea groups is 1. The van der Waals surface area contributed by atoms with Crippen molar-refractivity contribution < 1.29 is 23.2 Å². The molecule has 1 saturated heterocycles. The van der Waals surface area contributed by atoms with Crippen LogP contribution in [0.3, 0.4) is 0 Å². The summed E-state index contributed by atoms with van der Waals surface area (Å²) in [4.78, 5) is 55.4. The zero-order valence-electron chi connectivity index (χ0n) is 19.7. The Balaban J connectivity index is 1.48. The predicted molar refractivity (Wildman–Crippen MR) is 143 cm³/mol. The van der Waals surface area contributed by atoms with Gasteiger partial charge in [0.15, 0.2) is 0 Å². The number of hydrogen-bond acceptors (Lipinski definition) is 5. The molecular weight excluding hydrogens is 597 g/mol. The van der Waals surface area contributed by atoms with E-state index in [9.17, 15) is 28.0 Å². The molecule has 1 aromatic heterocycles. The number of nitrogens with zero attached hydrogens (tertiary/aromatic N) is 2. The molecule has 2 aromatic carbocycles. The molecular formula is C25H17Cl3F2N4O4S. The smallest absolute Gasteiger partial charge is 0.330 e. The van der Waals surface area contributed by atoms with E-state index in [0.29, 0.717) is 5.69 Å². The third kappa shape index (κ3) is 5.49. The maximum absolute atomic E-state index is 14.0. The second-order valence-electron chi connectivity index (χ2n) is 8.77. The fourth-order valence-corrected chi connectivity index (χ4v) is 6.06. The first-order valence-electron chi connectivity index (χ1n) is 11.4. The van der Waals surface area contributed by atoms with E-state index < -0.39 is 28.6 Å². The minimum atomic E-state index is -3.90. The normalized spacial score (nSPS) is 15.4. The largest absolute Gasteiger partial charge is 0.362 e. The Morgan fingerprint density at radius 1 is 1.00 bits per heavy atom. The maximum Gasteiger partial charge on any atom is 0.362 e. The number of rotatable bonds is 5. The first kappa shape index (κ1) is 27.4. The molecule has 3 aromatic rings. The molecule has 2 N–H and O–H groups in total. The van der Waals surface area contributed by atoms with Gasteiger partial charge >= 0.3 is 11.4 Å². The summed E-state index contributed by atoms with van der Waals surface area (Å²) in [5.74, 6) is -1.06. The van der Waals surface area contributed by atoms with Gasteiger partial charge in [0.1, 0.15) is 11.3 Å². The number of nitrogens with one attached hydrogen (secondary N) is 2.